The van der Waals surface area contributed by atoms with Gasteiger partial charge < -0.3 is 19.7 Å². The summed E-state index contributed by atoms with van der Waals surface area (Å²) in [6.07, 6.45) is 0. The molecule has 3 rings (SSSR count). The molecule has 5 heteroatoms. The second-order valence-corrected chi connectivity index (χ2v) is 6.43. The van der Waals surface area contributed by atoms with Gasteiger partial charge in [-0.2, -0.15) is 0 Å². The zero-order valence-corrected chi connectivity index (χ0v) is 14.5. The second kappa shape index (κ2) is 6.97. The molecule has 0 N–H and O–H groups in total. The SMILES string of the molecule is Cc1ccc(N2CCN(C(=O)c3ccc(C(=O)[O-])cc3)CC2)c(C)c1. The fraction of sp³-hybridized carbons (Fsp3) is 0.300. The lowest BCUT2D eigenvalue weighted by Crippen LogP contribution is -2.49. The van der Waals surface area contributed by atoms with Gasteiger partial charge in [-0.05, 0) is 43.2 Å². The number of piperazine rings is 1. The van der Waals surface area contributed by atoms with Gasteiger partial charge in [0, 0.05) is 37.4 Å². The van der Waals surface area contributed by atoms with Gasteiger partial charge in [0.15, 0.2) is 0 Å². The normalized spacial score (nSPS) is 14.5. The summed E-state index contributed by atoms with van der Waals surface area (Å²) in [5.74, 6) is -1.30. The average molecular weight is 337 g/mol. The number of aromatic carboxylic acids is 1. The van der Waals surface area contributed by atoms with Crippen molar-refractivity contribution in [1.82, 2.24) is 4.90 Å². The van der Waals surface area contributed by atoms with Crippen LogP contribution in [-0.2, 0) is 0 Å². The molecular weight excluding hydrogens is 316 g/mol. The molecule has 0 saturated carbocycles. The Labute approximate surface area is 147 Å². The van der Waals surface area contributed by atoms with Gasteiger partial charge >= 0.3 is 0 Å². The highest BCUT2D eigenvalue weighted by Gasteiger charge is 2.23. The van der Waals surface area contributed by atoms with E-state index in [0.717, 1.165) is 13.1 Å². The maximum absolute atomic E-state index is 12.6. The lowest BCUT2D eigenvalue weighted by Gasteiger charge is -2.37. The molecule has 25 heavy (non-hydrogen) atoms. The molecule has 5 nitrogen and oxygen atoms in total. The summed E-state index contributed by atoms with van der Waals surface area (Å²) in [5, 5.41) is 10.8. The van der Waals surface area contributed by atoms with E-state index in [-0.39, 0.29) is 11.5 Å². The molecule has 1 heterocycles. The Morgan fingerprint density at radius 2 is 1.48 bits per heavy atom. The van der Waals surface area contributed by atoms with Gasteiger partial charge in [-0.15, -0.1) is 0 Å². The predicted octanol–water partition coefficient (Wildman–Crippen LogP) is 1.63. The summed E-state index contributed by atoms with van der Waals surface area (Å²) in [6.45, 7) is 7.06. The third-order valence-electron chi connectivity index (χ3n) is 4.63. The molecule has 1 amide bonds. The van der Waals surface area contributed by atoms with Crippen LogP contribution in [0.5, 0.6) is 0 Å². The van der Waals surface area contributed by atoms with Gasteiger partial charge in [-0.3, -0.25) is 4.79 Å². The first-order valence-corrected chi connectivity index (χ1v) is 8.38. The smallest absolute Gasteiger partial charge is 0.253 e. The standard InChI is InChI=1S/C20H22N2O3/c1-14-3-8-18(15(2)13-14)21-9-11-22(12-10-21)19(23)16-4-6-17(7-5-16)20(24)25/h3-8,13H,9-12H2,1-2H3,(H,24,25)/p-1. The average Bonchev–Trinajstić information content (AvgIpc) is 2.61. The number of carboxylic acid groups (broad SMARTS) is 1. The van der Waals surface area contributed by atoms with Crippen LogP contribution in [-0.4, -0.2) is 43.0 Å². The molecule has 1 fully saturated rings. The van der Waals surface area contributed by atoms with E-state index in [0.29, 0.717) is 18.7 Å². The molecule has 0 unspecified atom stereocenters. The van der Waals surface area contributed by atoms with Crippen LogP contribution in [0.3, 0.4) is 0 Å². The van der Waals surface area contributed by atoms with Crippen molar-refractivity contribution in [3.05, 3.63) is 64.7 Å². The van der Waals surface area contributed by atoms with Gasteiger partial charge in [-0.1, -0.05) is 29.8 Å². The lowest BCUT2D eigenvalue weighted by molar-refractivity contribution is -0.255. The van der Waals surface area contributed by atoms with Crippen LogP contribution in [0.2, 0.25) is 0 Å². The molecule has 0 bridgehead atoms. The quantitative estimate of drug-likeness (QED) is 0.854. The number of amides is 1. The zero-order chi connectivity index (χ0) is 18.0. The van der Waals surface area contributed by atoms with E-state index in [1.54, 1.807) is 12.1 Å². The third-order valence-corrected chi connectivity index (χ3v) is 4.63. The molecular formula is C20H21N2O3-. The Balaban J connectivity index is 1.65. The Kier molecular flexibility index (Phi) is 4.74. The molecule has 1 saturated heterocycles. The van der Waals surface area contributed by atoms with Crippen molar-refractivity contribution in [3.8, 4) is 0 Å². The Morgan fingerprint density at radius 1 is 0.880 bits per heavy atom. The summed E-state index contributed by atoms with van der Waals surface area (Å²) >= 11 is 0. The first kappa shape index (κ1) is 17.0. The van der Waals surface area contributed by atoms with Gasteiger partial charge in [-0.25, -0.2) is 0 Å². The Hall–Kier alpha value is -2.82. The molecule has 0 radical (unpaired) electrons. The van der Waals surface area contributed by atoms with Crippen LogP contribution in [0.4, 0.5) is 5.69 Å². The topological polar surface area (TPSA) is 63.7 Å². The minimum absolute atomic E-state index is 0.0647. The van der Waals surface area contributed by atoms with E-state index >= 15 is 0 Å². The van der Waals surface area contributed by atoms with Crippen molar-refractivity contribution in [3.63, 3.8) is 0 Å². The fourth-order valence-corrected chi connectivity index (χ4v) is 3.24. The highest BCUT2D eigenvalue weighted by Crippen LogP contribution is 2.23. The van der Waals surface area contributed by atoms with E-state index in [9.17, 15) is 14.7 Å². The van der Waals surface area contributed by atoms with Crippen molar-refractivity contribution < 1.29 is 14.7 Å². The van der Waals surface area contributed by atoms with E-state index in [4.69, 9.17) is 0 Å². The second-order valence-electron chi connectivity index (χ2n) is 6.43. The highest BCUT2D eigenvalue weighted by atomic mass is 16.4. The van der Waals surface area contributed by atoms with Crippen LogP contribution in [0.15, 0.2) is 42.5 Å². The molecule has 0 atom stereocenters. The van der Waals surface area contributed by atoms with Gasteiger partial charge in [0.25, 0.3) is 5.91 Å². The number of anilines is 1. The number of carbonyl (C=O) groups excluding carboxylic acids is 2. The molecule has 1 aliphatic rings. The first-order chi connectivity index (χ1) is 12.0. The predicted molar refractivity (Wildman–Crippen MR) is 94.8 cm³/mol. The molecule has 0 spiro atoms. The van der Waals surface area contributed by atoms with Crippen LogP contribution < -0.4 is 10.0 Å². The minimum Gasteiger partial charge on any atom is -0.545 e. The van der Waals surface area contributed by atoms with Crippen LogP contribution in [0.1, 0.15) is 31.8 Å². The molecule has 0 aromatic heterocycles. The number of hydrogen-bond acceptors (Lipinski definition) is 4. The van der Waals surface area contributed by atoms with Crippen molar-refractivity contribution >= 4 is 17.6 Å². The van der Waals surface area contributed by atoms with Gasteiger partial charge in [0.05, 0.1) is 5.97 Å². The lowest BCUT2D eigenvalue weighted by atomic mass is 10.1. The van der Waals surface area contributed by atoms with Gasteiger partial charge in [0.2, 0.25) is 0 Å². The maximum Gasteiger partial charge on any atom is 0.253 e. The van der Waals surface area contributed by atoms with Crippen molar-refractivity contribution in [2.75, 3.05) is 31.1 Å². The maximum atomic E-state index is 12.6. The van der Waals surface area contributed by atoms with Crippen LogP contribution in [0, 0.1) is 13.8 Å². The third kappa shape index (κ3) is 3.65. The number of aryl methyl sites for hydroxylation is 2. The minimum atomic E-state index is -1.24. The van der Waals surface area contributed by atoms with Gasteiger partial charge in [0.1, 0.15) is 0 Å². The van der Waals surface area contributed by atoms with Crippen molar-refractivity contribution in [1.29, 1.82) is 0 Å². The Morgan fingerprint density at radius 3 is 2.04 bits per heavy atom. The van der Waals surface area contributed by atoms with Crippen LogP contribution >= 0.6 is 0 Å². The zero-order valence-electron chi connectivity index (χ0n) is 14.5. The summed E-state index contributed by atoms with van der Waals surface area (Å²) in [5.41, 5.74) is 4.30. The summed E-state index contributed by atoms with van der Waals surface area (Å²) in [7, 11) is 0. The molecule has 2 aromatic carbocycles. The van der Waals surface area contributed by atoms with Crippen molar-refractivity contribution in [2.24, 2.45) is 0 Å². The van der Waals surface area contributed by atoms with E-state index in [1.807, 2.05) is 4.90 Å². The van der Waals surface area contributed by atoms with E-state index < -0.39 is 5.97 Å². The largest absolute Gasteiger partial charge is 0.545 e. The number of hydrogen-bond donors (Lipinski definition) is 0. The number of benzene rings is 2. The number of nitrogens with zero attached hydrogens (tertiary/aromatic N) is 2. The van der Waals surface area contributed by atoms with E-state index in [2.05, 4.69) is 36.9 Å². The van der Waals surface area contributed by atoms with Crippen LogP contribution in [0.25, 0.3) is 0 Å². The monoisotopic (exact) mass is 337 g/mol. The Bertz CT molecular complexity index is 791. The van der Waals surface area contributed by atoms with Crippen molar-refractivity contribution in [2.45, 2.75) is 13.8 Å². The summed E-state index contributed by atoms with van der Waals surface area (Å²) in [6, 6.07) is 12.3. The first-order valence-electron chi connectivity index (χ1n) is 8.38. The fourth-order valence-electron chi connectivity index (χ4n) is 3.24. The summed E-state index contributed by atoms with van der Waals surface area (Å²) in [4.78, 5) is 27.5. The summed E-state index contributed by atoms with van der Waals surface area (Å²) < 4.78 is 0. The molecule has 130 valence electrons. The molecule has 1 aliphatic heterocycles. The highest BCUT2D eigenvalue weighted by molar-refractivity contribution is 5.95. The van der Waals surface area contributed by atoms with E-state index in [1.165, 1.54) is 28.9 Å². The number of carbonyl (C=O) groups is 2. The number of rotatable bonds is 3. The molecule has 2 aromatic rings. The number of carboxylic acids is 1. The molecule has 0 aliphatic carbocycles.